The van der Waals surface area contributed by atoms with Crippen molar-refractivity contribution in [1.29, 1.82) is 0 Å². The zero-order valence-corrected chi connectivity index (χ0v) is 25.5. The van der Waals surface area contributed by atoms with E-state index < -0.39 is 34.8 Å². The summed E-state index contributed by atoms with van der Waals surface area (Å²) in [5.74, 6) is -0.583. The Morgan fingerprint density at radius 1 is 1.07 bits per heavy atom. The average molecular weight is 676 g/mol. The van der Waals surface area contributed by atoms with Gasteiger partial charge in [-0.1, -0.05) is 47.5 Å². The summed E-state index contributed by atoms with van der Waals surface area (Å²) in [6.07, 6.45) is 2.74. The van der Waals surface area contributed by atoms with Crippen LogP contribution < -0.4 is 14.5 Å². The van der Waals surface area contributed by atoms with Gasteiger partial charge in [-0.2, -0.15) is 13.1 Å². The highest BCUT2D eigenvalue weighted by atomic mass is 35.5. The van der Waals surface area contributed by atoms with Crippen LogP contribution in [-0.4, -0.2) is 63.2 Å². The molecule has 1 saturated carbocycles. The van der Waals surface area contributed by atoms with Gasteiger partial charge in [-0.25, -0.2) is 18.2 Å². The van der Waals surface area contributed by atoms with E-state index in [9.17, 15) is 22.0 Å². The minimum absolute atomic E-state index is 0. The molecule has 10 nitrogen and oxygen atoms in total. The summed E-state index contributed by atoms with van der Waals surface area (Å²) in [5.41, 5.74) is 0.858. The highest BCUT2D eigenvalue weighted by Crippen LogP contribution is 2.38. The molecule has 2 aliphatic rings. The van der Waals surface area contributed by atoms with Crippen molar-refractivity contribution in [2.24, 2.45) is 5.92 Å². The number of ether oxygens (including phenoxy) is 4. The number of halogens is 4. The number of rotatable bonds is 12. The lowest BCUT2D eigenvalue weighted by molar-refractivity contribution is -0.377. The van der Waals surface area contributed by atoms with Crippen molar-refractivity contribution in [2.45, 2.75) is 43.0 Å². The Morgan fingerprint density at radius 2 is 1.77 bits per heavy atom. The number of hydrogen-bond acceptors (Lipinski definition) is 8. The van der Waals surface area contributed by atoms with E-state index in [-0.39, 0.29) is 58.0 Å². The molecule has 0 amide bonds. The van der Waals surface area contributed by atoms with Gasteiger partial charge < -0.3 is 24.4 Å². The van der Waals surface area contributed by atoms with Crippen LogP contribution in [0.2, 0.25) is 10.0 Å². The Balaban J connectivity index is 0.00000442. The fraction of sp³-hybridized carbons (Fsp3) is 0.379. The number of nitrogens with one attached hydrogen (secondary N) is 1. The molecule has 2 fully saturated rings. The minimum atomic E-state index is -3.88. The average Bonchev–Trinajstić information content (AvgIpc) is 3.83. The molecule has 1 aromatic heterocycles. The summed E-state index contributed by atoms with van der Waals surface area (Å²) in [5, 5.41) is 0.566. The highest BCUT2D eigenvalue weighted by molar-refractivity contribution is 7.89. The molecule has 3 aromatic rings. The van der Waals surface area contributed by atoms with Crippen LogP contribution in [0.1, 0.15) is 30.1 Å². The minimum Gasteiger partial charge on any atom is -0.870 e. The predicted molar refractivity (Wildman–Crippen MR) is 154 cm³/mol. The summed E-state index contributed by atoms with van der Waals surface area (Å²) in [6, 6.07) is 12.1. The molecule has 0 unspecified atom stereocenters. The van der Waals surface area contributed by atoms with Crippen molar-refractivity contribution in [3.63, 3.8) is 0 Å². The van der Waals surface area contributed by atoms with Crippen molar-refractivity contribution in [3.8, 4) is 11.5 Å². The number of alkyl halides is 2. The topological polar surface area (TPSA) is 136 Å². The Labute approximate surface area is 263 Å². The second-order valence-electron chi connectivity index (χ2n) is 10.1. The number of esters is 1. The molecule has 0 bridgehead atoms. The largest absolute Gasteiger partial charge is 0.870 e. The highest BCUT2D eigenvalue weighted by Gasteiger charge is 2.36. The van der Waals surface area contributed by atoms with Gasteiger partial charge in [-0.15, -0.1) is 0 Å². The maximum Gasteiger partial charge on any atom is 0.387 e. The Morgan fingerprint density at radius 3 is 2.43 bits per heavy atom. The van der Waals surface area contributed by atoms with Crippen LogP contribution in [0.3, 0.4) is 0 Å². The smallest absolute Gasteiger partial charge is 0.387 e. The molecule has 0 radical (unpaired) electrons. The van der Waals surface area contributed by atoms with Crippen molar-refractivity contribution in [3.05, 3.63) is 82.1 Å². The van der Waals surface area contributed by atoms with Gasteiger partial charge in [-0.05, 0) is 48.6 Å². The summed E-state index contributed by atoms with van der Waals surface area (Å²) in [7, 11) is -3.88. The summed E-state index contributed by atoms with van der Waals surface area (Å²) >= 11 is 12.8. The Kier molecular flexibility index (Phi) is 11.4. The molecule has 238 valence electrons. The van der Waals surface area contributed by atoms with E-state index in [0.29, 0.717) is 23.7 Å². The second kappa shape index (κ2) is 14.8. The van der Waals surface area contributed by atoms with Gasteiger partial charge >= 0.3 is 12.6 Å². The lowest BCUT2D eigenvalue weighted by atomic mass is 10.0. The summed E-state index contributed by atoms with van der Waals surface area (Å²) in [4.78, 5) is 16.4. The molecule has 1 aliphatic carbocycles. The molecule has 15 heteroatoms. The van der Waals surface area contributed by atoms with E-state index in [1.165, 1.54) is 47.0 Å². The van der Waals surface area contributed by atoms with Crippen LogP contribution in [0.15, 0.2) is 65.8 Å². The maximum absolute atomic E-state index is 13.5. The number of aromatic nitrogens is 1. The number of morpholine rings is 1. The Hall–Kier alpha value is -3.07. The molecule has 1 aliphatic heterocycles. The Bertz CT molecular complexity index is 1530. The van der Waals surface area contributed by atoms with Crippen LogP contribution in [0.4, 0.5) is 8.78 Å². The second-order valence-corrected chi connectivity index (χ2v) is 12.9. The van der Waals surface area contributed by atoms with Crippen LogP contribution in [-0.2, 0) is 30.7 Å². The molecule has 2 heterocycles. The summed E-state index contributed by atoms with van der Waals surface area (Å²) in [6.45, 7) is -2.98. The van der Waals surface area contributed by atoms with Gasteiger partial charge in [-0.3, -0.25) is 0 Å². The SMILES string of the molecule is O=C(O[C@@H](Cc1c(Cl)c[nH+]cc1Cl)c1ccc(OC(F)F)c(OCC2CC2)c1)[C@H]1CN(S(=O)(=O)c2ccccc2)CCO1.[OH-]. The van der Waals surface area contributed by atoms with Gasteiger partial charge in [0.05, 0.1) is 24.7 Å². The van der Waals surface area contributed by atoms with Crippen molar-refractivity contribution < 1.29 is 51.4 Å². The number of carbonyl (C=O) groups is 1. The van der Waals surface area contributed by atoms with E-state index >= 15 is 0 Å². The molecular formula is C29H30Cl2F2N2O8S. The molecule has 1 saturated heterocycles. The molecule has 2 atom stereocenters. The number of carbonyl (C=O) groups excluding carboxylic acids is 1. The number of nitrogens with zero attached hydrogens (tertiary/aromatic N) is 1. The predicted octanol–water partition coefficient (Wildman–Crippen LogP) is 4.94. The van der Waals surface area contributed by atoms with Crippen molar-refractivity contribution in [1.82, 2.24) is 4.31 Å². The quantitative estimate of drug-likeness (QED) is 0.247. The molecule has 0 spiro atoms. The van der Waals surface area contributed by atoms with Gasteiger partial charge in [0.1, 0.15) is 16.1 Å². The first-order valence-corrected chi connectivity index (χ1v) is 15.7. The lowest BCUT2D eigenvalue weighted by Crippen LogP contribution is -2.49. The standard InChI is InChI=1S/C29H28Cl2F2N2O7S.H2O/c30-22-14-34-15-23(31)21(22)13-25(19-8-9-24(42-29(32)33)26(12-19)40-17-18-6-7-18)41-28(36)27-16-35(10-11-39-27)43(37,38)20-4-2-1-3-5-20;/h1-5,8-9,12,14-15,18,25,27,29H,6-7,10-11,13,16-17H2;1H2/t25-,27+;/m0./s1. The molecule has 5 rings (SSSR count). The number of hydrogen-bond donors (Lipinski definition) is 0. The van der Waals surface area contributed by atoms with E-state index in [4.69, 9.17) is 37.4 Å². The number of H-pyrrole nitrogens is 1. The normalized spacial score (nSPS) is 17.9. The molecule has 2 N–H and O–H groups in total. The first-order valence-electron chi connectivity index (χ1n) is 13.5. The van der Waals surface area contributed by atoms with Crippen molar-refractivity contribution >= 4 is 39.2 Å². The van der Waals surface area contributed by atoms with E-state index in [1.807, 2.05) is 0 Å². The van der Waals surface area contributed by atoms with E-state index in [1.54, 1.807) is 18.2 Å². The number of sulfonamides is 1. The number of aromatic amines is 1. The van der Waals surface area contributed by atoms with Crippen LogP contribution in [0.5, 0.6) is 11.5 Å². The lowest BCUT2D eigenvalue weighted by Gasteiger charge is -2.32. The monoisotopic (exact) mass is 674 g/mol. The zero-order valence-electron chi connectivity index (χ0n) is 23.2. The van der Waals surface area contributed by atoms with E-state index in [2.05, 4.69) is 9.72 Å². The van der Waals surface area contributed by atoms with Crippen LogP contribution in [0.25, 0.3) is 0 Å². The number of pyridine rings is 1. The van der Waals surface area contributed by atoms with Gasteiger partial charge in [0.15, 0.2) is 30.0 Å². The van der Waals surface area contributed by atoms with E-state index in [0.717, 1.165) is 12.8 Å². The van der Waals surface area contributed by atoms with Crippen LogP contribution in [0, 0.1) is 5.92 Å². The number of benzene rings is 2. The van der Waals surface area contributed by atoms with Gasteiger partial charge in [0, 0.05) is 18.5 Å². The first kappa shape index (κ1) is 33.8. The van der Waals surface area contributed by atoms with Crippen LogP contribution >= 0.6 is 23.2 Å². The third kappa shape index (κ3) is 8.34. The van der Waals surface area contributed by atoms with Crippen molar-refractivity contribution in [2.75, 3.05) is 26.3 Å². The van der Waals surface area contributed by atoms with Gasteiger partial charge in [0.2, 0.25) is 10.0 Å². The fourth-order valence-electron chi connectivity index (χ4n) is 4.55. The molecular weight excluding hydrogens is 645 g/mol. The summed E-state index contributed by atoms with van der Waals surface area (Å²) < 4.78 is 75.8. The molecule has 2 aromatic carbocycles. The first-order chi connectivity index (χ1) is 20.6. The third-order valence-electron chi connectivity index (χ3n) is 7.04. The molecule has 44 heavy (non-hydrogen) atoms. The zero-order chi connectivity index (χ0) is 30.6. The van der Waals surface area contributed by atoms with Gasteiger partial charge in [0.25, 0.3) is 0 Å². The maximum atomic E-state index is 13.5. The third-order valence-corrected chi connectivity index (χ3v) is 9.60. The fourth-order valence-corrected chi connectivity index (χ4v) is 6.53.